The lowest BCUT2D eigenvalue weighted by Crippen LogP contribution is -2.28. The molecule has 0 radical (unpaired) electrons. The van der Waals surface area contributed by atoms with Crippen LogP contribution >= 0.6 is 0 Å². The zero-order chi connectivity index (χ0) is 22.2. The highest BCUT2D eigenvalue weighted by atomic mass is 16.3. The maximum absolute atomic E-state index is 11.9. The smallest absolute Gasteiger partial charge is 0.267 e. The summed E-state index contributed by atoms with van der Waals surface area (Å²) in [6, 6.07) is 12.3. The molecule has 156 valence electrons. The van der Waals surface area contributed by atoms with Gasteiger partial charge in [0.2, 0.25) is 5.91 Å². The number of aliphatic hydroxyl groups excluding tert-OH is 1. The second-order valence-electron chi connectivity index (χ2n) is 6.66. The number of likely N-dealkylation sites (N-methyl/N-ethyl adjacent to an activating group) is 1. The van der Waals surface area contributed by atoms with Crippen LogP contribution in [0.2, 0.25) is 0 Å². The normalized spacial score (nSPS) is 10.1. The van der Waals surface area contributed by atoms with Gasteiger partial charge in [0.1, 0.15) is 5.69 Å². The van der Waals surface area contributed by atoms with Crippen molar-refractivity contribution < 1.29 is 14.7 Å². The molecular weight excluding hydrogens is 394 g/mol. The van der Waals surface area contributed by atoms with Crippen LogP contribution in [0.1, 0.15) is 22.5 Å². The van der Waals surface area contributed by atoms with Gasteiger partial charge in [0, 0.05) is 42.7 Å². The van der Waals surface area contributed by atoms with Crippen LogP contribution in [-0.2, 0) is 4.79 Å². The molecule has 0 spiro atoms. The third-order valence-electron chi connectivity index (χ3n) is 4.39. The number of hydrogen-bond acceptors (Lipinski definition) is 6. The Bertz CT molecular complexity index is 1150. The fraction of sp³-hybridized carbons (Fsp3) is 0.174. The third-order valence-corrected chi connectivity index (χ3v) is 4.39. The van der Waals surface area contributed by atoms with E-state index in [1.807, 2.05) is 24.3 Å². The number of primary amides is 1. The summed E-state index contributed by atoms with van der Waals surface area (Å²) in [4.78, 5) is 37.9. The second kappa shape index (κ2) is 10.1. The Hall–Kier alpha value is -4.09. The molecule has 31 heavy (non-hydrogen) atoms. The SMILES string of the molecule is CN(CCO)C(=O)CC#Cc1cccc(-c2cc(-c3ncccn3)cc(C(N)=O)n2)c1. The van der Waals surface area contributed by atoms with E-state index in [2.05, 4.69) is 26.8 Å². The van der Waals surface area contributed by atoms with Crippen molar-refractivity contribution in [3.05, 3.63) is 66.1 Å². The molecular formula is C23H21N5O3. The highest BCUT2D eigenvalue weighted by Crippen LogP contribution is 2.24. The van der Waals surface area contributed by atoms with Gasteiger partial charge in [-0.25, -0.2) is 15.0 Å². The van der Waals surface area contributed by atoms with Crippen LogP contribution in [0, 0.1) is 11.8 Å². The van der Waals surface area contributed by atoms with E-state index >= 15 is 0 Å². The molecule has 2 aromatic heterocycles. The summed E-state index contributed by atoms with van der Waals surface area (Å²) in [7, 11) is 1.62. The van der Waals surface area contributed by atoms with Crippen LogP contribution in [0.3, 0.4) is 0 Å². The predicted molar refractivity (Wildman–Crippen MR) is 115 cm³/mol. The number of hydrogen-bond donors (Lipinski definition) is 2. The predicted octanol–water partition coefficient (Wildman–Crippen LogP) is 1.50. The topological polar surface area (TPSA) is 122 Å². The number of benzene rings is 1. The van der Waals surface area contributed by atoms with E-state index in [4.69, 9.17) is 10.8 Å². The Kier molecular flexibility index (Phi) is 7.04. The monoisotopic (exact) mass is 415 g/mol. The summed E-state index contributed by atoms with van der Waals surface area (Å²) in [5, 5.41) is 8.90. The van der Waals surface area contributed by atoms with Crippen LogP contribution < -0.4 is 5.73 Å². The van der Waals surface area contributed by atoms with Crippen molar-refractivity contribution in [3.8, 4) is 34.5 Å². The number of nitrogens with two attached hydrogens (primary N) is 1. The van der Waals surface area contributed by atoms with E-state index < -0.39 is 5.91 Å². The average Bonchev–Trinajstić information content (AvgIpc) is 2.79. The molecule has 0 aliphatic heterocycles. The number of carbonyl (C=O) groups excluding carboxylic acids is 2. The summed E-state index contributed by atoms with van der Waals surface area (Å²) in [5.74, 6) is 5.45. The minimum Gasteiger partial charge on any atom is -0.395 e. The van der Waals surface area contributed by atoms with E-state index in [0.717, 1.165) is 5.56 Å². The Morgan fingerprint density at radius 3 is 2.58 bits per heavy atom. The highest BCUT2D eigenvalue weighted by Gasteiger charge is 2.12. The summed E-state index contributed by atoms with van der Waals surface area (Å²) >= 11 is 0. The van der Waals surface area contributed by atoms with Gasteiger partial charge in [-0.1, -0.05) is 24.0 Å². The van der Waals surface area contributed by atoms with Crippen molar-refractivity contribution in [3.63, 3.8) is 0 Å². The van der Waals surface area contributed by atoms with Crippen LogP contribution in [0.25, 0.3) is 22.6 Å². The minimum atomic E-state index is -0.652. The molecule has 0 aliphatic carbocycles. The van der Waals surface area contributed by atoms with Crippen molar-refractivity contribution >= 4 is 11.8 Å². The number of nitrogens with zero attached hydrogens (tertiary/aromatic N) is 4. The summed E-state index contributed by atoms with van der Waals surface area (Å²) in [5.41, 5.74) is 8.14. The van der Waals surface area contributed by atoms with E-state index in [9.17, 15) is 9.59 Å². The lowest BCUT2D eigenvalue weighted by molar-refractivity contribution is -0.129. The molecule has 3 aromatic rings. The quantitative estimate of drug-likeness (QED) is 0.588. The molecule has 8 heteroatoms. The van der Waals surface area contributed by atoms with Crippen LogP contribution in [-0.4, -0.2) is 57.0 Å². The van der Waals surface area contributed by atoms with Gasteiger partial charge in [-0.2, -0.15) is 0 Å². The third kappa shape index (κ3) is 5.72. The molecule has 0 unspecified atom stereocenters. The first-order valence-electron chi connectivity index (χ1n) is 9.51. The van der Waals surface area contributed by atoms with Crippen LogP contribution in [0.15, 0.2) is 54.9 Å². The average molecular weight is 415 g/mol. The van der Waals surface area contributed by atoms with Crippen molar-refractivity contribution in [2.45, 2.75) is 6.42 Å². The van der Waals surface area contributed by atoms with Gasteiger partial charge < -0.3 is 15.7 Å². The first kappa shape index (κ1) is 21.6. The number of carbonyl (C=O) groups is 2. The molecule has 0 atom stereocenters. The van der Waals surface area contributed by atoms with Gasteiger partial charge in [-0.15, -0.1) is 0 Å². The van der Waals surface area contributed by atoms with Crippen LogP contribution in [0.5, 0.6) is 0 Å². The molecule has 0 bridgehead atoms. The molecule has 3 rings (SSSR count). The summed E-state index contributed by atoms with van der Waals surface area (Å²) < 4.78 is 0. The van der Waals surface area contributed by atoms with Gasteiger partial charge in [-0.3, -0.25) is 9.59 Å². The van der Waals surface area contributed by atoms with Gasteiger partial charge >= 0.3 is 0 Å². The molecule has 2 amide bonds. The Balaban J connectivity index is 1.90. The molecule has 3 N–H and O–H groups in total. The number of aromatic nitrogens is 3. The zero-order valence-electron chi connectivity index (χ0n) is 16.9. The minimum absolute atomic E-state index is 0.0473. The van der Waals surface area contributed by atoms with E-state index in [-0.39, 0.29) is 31.2 Å². The molecule has 8 nitrogen and oxygen atoms in total. The second-order valence-corrected chi connectivity index (χ2v) is 6.66. The highest BCUT2D eigenvalue weighted by molar-refractivity contribution is 5.92. The number of aliphatic hydroxyl groups is 1. The first-order valence-corrected chi connectivity index (χ1v) is 9.51. The fourth-order valence-corrected chi connectivity index (χ4v) is 2.77. The molecule has 0 aliphatic rings. The lowest BCUT2D eigenvalue weighted by Gasteiger charge is -2.13. The van der Waals surface area contributed by atoms with Crippen molar-refractivity contribution in [2.24, 2.45) is 5.73 Å². The molecule has 0 saturated carbocycles. The zero-order valence-corrected chi connectivity index (χ0v) is 16.9. The molecule has 0 fully saturated rings. The Labute approximate surface area is 179 Å². The van der Waals surface area contributed by atoms with E-state index in [0.29, 0.717) is 22.6 Å². The van der Waals surface area contributed by atoms with Crippen molar-refractivity contribution in [2.75, 3.05) is 20.2 Å². The number of pyridine rings is 1. The van der Waals surface area contributed by atoms with Crippen molar-refractivity contribution in [1.82, 2.24) is 19.9 Å². The maximum Gasteiger partial charge on any atom is 0.267 e. The summed E-state index contributed by atoms with van der Waals surface area (Å²) in [6.45, 7) is 0.177. The fourth-order valence-electron chi connectivity index (χ4n) is 2.77. The molecule has 1 aromatic carbocycles. The van der Waals surface area contributed by atoms with E-state index in [1.165, 1.54) is 4.90 Å². The van der Waals surface area contributed by atoms with Gasteiger partial charge in [0.25, 0.3) is 5.91 Å². The Morgan fingerprint density at radius 2 is 1.87 bits per heavy atom. The number of amides is 2. The van der Waals surface area contributed by atoms with Gasteiger partial charge in [-0.05, 0) is 30.3 Å². The Morgan fingerprint density at radius 1 is 1.10 bits per heavy atom. The molecule has 2 heterocycles. The first-order chi connectivity index (χ1) is 15.0. The van der Waals surface area contributed by atoms with Crippen molar-refractivity contribution in [1.29, 1.82) is 0 Å². The lowest BCUT2D eigenvalue weighted by atomic mass is 10.0. The summed E-state index contributed by atoms with van der Waals surface area (Å²) in [6.07, 6.45) is 3.27. The van der Waals surface area contributed by atoms with Gasteiger partial charge in [0.15, 0.2) is 5.82 Å². The van der Waals surface area contributed by atoms with Crippen LogP contribution in [0.4, 0.5) is 0 Å². The van der Waals surface area contributed by atoms with E-state index in [1.54, 1.807) is 37.6 Å². The number of rotatable bonds is 6. The standard InChI is InChI=1S/C23H21N5O3/c1-28(11-12-29)21(30)8-3-6-16-5-2-7-17(13-16)19-14-18(15-20(27-19)22(24)31)23-25-9-4-10-26-23/h2,4-5,7,9-10,13-15,29H,8,11-12H2,1H3,(H2,24,31). The molecule has 0 saturated heterocycles. The largest absolute Gasteiger partial charge is 0.395 e. The van der Waals surface area contributed by atoms with Gasteiger partial charge in [0.05, 0.1) is 18.7 Å². The maximum atomic E-state index is 11.9.